The van der Waals surface area contributed by atoms with Crippen LogP contribution >= 0.6 is 11.6 Å². The van der Waals surface area contributed by atoms with E-state index in [2.05, 4.69) is 5.32 Å². The molecule has 0 saturated carbocycles. The highest BCUT2D eigenvalue weighted by Gasteiger charge is 2.37. The smallest absolute Gasteiger partial charge is 0.267 e. The normalized spacial score (nSPS) is 15.5. The monoisotopic (exact) mass is 486 g/mol. The van der Waals surface area contributed by atoms with Crippen LogP contribution in [0.1, 0.15) is 11.1 Å². The molecule has 172 valence electrons. The summed E-state index contributed by atoms with van der Waals surface area (Å²) in [7, 11) is -2.37. The lowest BCUT2D eigenvalue weighted by molar-refractivity contribution is -0.122. The second-order valence-corrected chi connectivity index (χ2v) is 9.99. The van der Waals surface area contributed by atoms with Crippen molar-refractivity contribution in [2.45, 2.75) is 24.5 Å². The first-order valence-electron chi connectivity index (χ1n) is 10.2. The number of carbonyl (C=O) groups excluding carboxylic acids is 1. The van der Waals surface area contributed by atoms with Gasteiger partial charge >= 0.3 is 0 Å². The predicted octanol–water partition coefficient (Wildman–Crippen LogP) is 4.39. The Hall–Kier alpha value is -3.07. The molecular weight excluding hydrogens is 464 g/mol. The third-order valence-corrected chi connectivity index (χ3v) is 7.23. The van der Waals surface area contributed by atoms with Gasteiger partial charge in [0, 0.05) is 17.8 Å². The van der Waals surface area contributed by atoms with Crippen LogP contribution in [0.5, 0.6) is 5.75 Å². The molecule has 0 bridgehead atoms. The molecule has 0 spiro atoms. The summed E-state index contributed by atoms with van der Waals surface area (Å²) in [5.41, 5.74) is 2.68. The van der Waals surface area contributed by atoms with E-state index in [4.69, 9.17) is 21.1 Å². The van der Waals surface area contributed by atoms with Crippen molar-refractivity contribution >= 4 is 38.9 Å². The Labute approximate surface area is 197 Å². The van der Waals surface area contributed by atoms with Gasteiger partial charge in [0.2, 0.25) is 0 Å². The van der Waals surface area contributed by atoms with Crippen molar-refractivity contribution in [1.82, 2.24) is 0 Å². The van der Waals surface area contributed by atoms with Crippen molar-refractivity contribution in [3.05, 3.63) is 82.9 Å². The Morgan fingerprint density at radius 3 is 2.64 bits per heavy atom. The molecule has 1 atom stereocenters. The number of ether oxygens (including phenoxy) is 2. The van der Waals surface area contributed by atoms with E-state index in [1.807, 2.05) is 13.0 Å². The van der Waals surface area contributed by atoms with Crippen molar-refractivity contribution in [3.63, 3.8) is 0 Å². The maximum Gasteiger partial charge on any atom is 0.267 e. The number of methoxy groups -OCH3 is 1. The molecule has 0 fully saturated rings. The van der Waals surface area contributed by atoms with Crippen LogP contribution in [0.3, 0.4) is 0 Å². The summed E-state index contributed by atoms with van der Waals surface area (Å²) < 4.78 is 39.2. The molecule has 4 rings (SSSR count). The Bertz CT molecular complexity index is 1280. The minimum absolute atomic E-state index is 0.118. The lowest BCUT2D eigenvalue weighted by Gasteiger charge is -2.35. The predicted molar refractivity (Wildman–Crippen MR) is 127 cm³/mol. The minimum Gasteiger partial charge on any atom is -0.476 e. The Morgan fingerprint density at radius 1 is 1.15 bits per heavy atom. The summed E-state index contributed by atoms with van der Waals surface area (Å²) in [5, 5.41) is 3.17. The second-order valence-electron chi connectivity index (χ2n) is 7.69. The Kier molecular flexibility index (Phi) is 6.60. The van der Waals surface area contributed by atoms with Crippen LogP contribution in [0.2, 0.25) is 5.02 Å². The molecule has 0 saturated heterocycles. The summed E-state index contributed by atoms with van der Waals surface area (Å²) in [4.78, 5) is 13.2. The number of anilines is 2. The van der Waals surface area contributed by atoms with Crippen LogP contribution in [0, 0.1) is 6.92 Å². The first-order chi connectivity index (χ1) is 15.8. The average molecular weight is 487 g/mol. The zero-order chi connectivity index (χ0) is 23.6. The lowest BCUT2D eigenvalue weighted by atomic mass is 10.2. The number of rotatable bonds is 6. The zero-order valence-corrected chi connectivity index (χ0v) is 19.7. The van der Waals surface area contributed by atoms with E-state index in [1.165, 1.54) is 10.4 Å². The van der Waals surface area contributed by atoms with Gasteiger partial charge in [-0.05, 0) is 55.0 Å². The van der Waals surface area contributed by atoms with Crippen molar-refractivity contribution in [1.29, 1.82) is 0 Å². The molecule has 3 aromatic carbocycles. The topological polar surface area (TPSA) is 84.9 Å². The maximum absolute atomic E-state index is 13.5. The van der Waals surface area contributed by atoms with E-state index in [0.29, 0.717) is 17.3 Å². The van der Waals surface area contributed by atoms with Gasteiger partial charge in [0.15, 0.2) is 6.10 Å². The number of aryl methyl sites for hydroxylation is 1. The van der Waals surface area contributed by atoms with Crippen molar-refractivity contribution < 1.29 is 22.7 Å². The van der Waals surface area contributed by atoms with Crippen LogP contribution in [0.15, 0.2) is 71.6 Å². The molecule has 9 heteroatoms. The van der Waals surface area contributed by atoms with Crippen LogP contribution in [-0.2, 0) is 26.2 Å². The largest absolute Gasteiger partial charge is 0.476 e. The molecule has 3 aromatic rings. The van der Waals surface area contributed by atoms with E-state index in [1.54, 1.807) is 61.7 Å². The number of carbonyl (C=O) groups is 1. The average Bonchev–Trinajstić information content (AvgIpc) is 2.79. The summed E-state index contributed by atoms with van der Waals surface area (Å²) in [6.45, 7) is 2.08. The molecule has 1 unspecified atom stereocenters. The highest BCUT2D eigenvalue weighted by molar-refractivity contribution is 7.92. The molecule has 7 nitrogen and oxygen atoms in total. The molecule has 33 heavy (non-hydrogen) atoms. The van der Waals surface area contributed by atoms with Gasteiger partial charge in [0.05, 0.1) is 23.7 Å². The highest BCUT2D eigenvalue weighted by Crippen LogP contribution is 2.39. The van der Waals surface area contributed by atoms with Gasteiger partial charge in [0.1, 0.15) is 5.75 Å². The molecule has 1 N–H and O–H groups in total. The van der Waals surface area contributed by atoms with Crippen LogP contribution in [-0.4, -0.2) is 34.1 Å². The molecular formula is C24H23ClN2O5S. The third-order valence-electron chi connectivity index (χ3n) is 5.20. The fourth-order valence-corrected chi connectivity index (χ4v) is 5.19. The zero-order valence-electron chi connectivity index (χ0n) is 18.1. The van der Waals surface area contributed by atoms with Gasteiger partial charge in [-0.25, -0.2) is 8.42 Å². The fraction of sp³-hybridized carbons (Fsp3) is 0.208. The number of hydrogen-bond acceptors (Lipinski definition) is 5. The number of nitrogens with one attached hydrogen (secondary N) is 1. The van der Waals surface area contributed by atoms with Crippen molar-refractivity contribution in [2.75, 3.05) is 23.3 Å². The number of nitrogens with zero attached hydrogens (tertiary/aromatic N) is 1. The number of halogens is 1. The van der Waals surface area contributed by atoms with Gasteiger partial charge in [0.25, 0.3) is 15.9 Å². The van der Waals surface area contributed by atoms with Gasteiger partial charge in [-0.2, -0.15) is 0 Å². The van der Waals surface area contributed by atoms with Crippen LogP contribution in [0.25, 0.3) is 0 Å². The highest BCUT2D eigenvalue weighted by atomic mass is 35.5. The first-order valence-corrected chi connectivity index (χ1v) is 12.0. The number of benzene rings is 3. The summed E-state index contributed by atoms with van der Waals surface area (Å²) in [6, 6.07) is 18.4. The van der Waals surface area contributed by atoms with E-state index < -0.39 is 22.0 Å². The first kappa shape index (κ1) is 23.1. The van der Waals surface area contributed by atoms with Crippen LogP contribution < -0.4 is 14.4 Å². The molecule has 1 aliphatic rings. The third kappa shape index (κ3) is 4.98. The summed E-state index contributed by atoms with van der Waals surface area (Å²) in [5.74, 6) is -0.205. The molecule has 0 aromatic heterocycles. The van der Waals surface area contributed by atoms with Gasteiger partial charge < -0.3 is 14.8 Å². The van der Waals surface area contributed by atoms with E-state index in [9.17, 15) is 13.2 Å². The van der Waals surface area contributed by atoms with E-state index in [-0.39, 0.29) is 22.9 Å². The molecule has 1 aliphatic heterocycles. The Morgan fingerprint density at radius 2 is 1.91 bits per heavy atom. The minimum atomic E-state index is -3.96. The van der Waals surface area contributed by atoms with Crippen molar-refractivity contribution in [3.8, 4) is 5.75 Å². The second kappa shape index (κ2) is 9.43. The fourth-order valence-electron chi connectivity index (χ4n) is 3.55. The summed E-state index contributed by atoms with van der Waals surface area (Å²) >= 11 is 6.14. The van der Waals surface area contributed by atoms with E-state index >= 15 is 0 Å². The van der Waals surface area contributed by atoms with Crippen molar-refractivity contribution in [2.24, 2.45) is 0 Å². The summed E-state index contributed by atoms with van der Waals surface area (Å²) in [6.07, 6.45) is -1.06. The molecule has 1 heterocycles. The Balaban J connectivity index is 1.65. The molecule has 0 aliphatic carbocycles. The standard InChI is InChI=1S/C24H23ClN2O5S/c1-16-6-9-20(10-7-16)33(29,30)27-14-23(32-22-11-8-18(25)13-21(22)27)24(28)26-19-5-3-4-17(12-19)15-31-2/h3-13,23H,14-15H2,1-2H3,(H,26,28). The molecule has 0 radical (unpaired) electrons. The van der Waals surface area contributed by atoms with Crippen LogP contribution in [0.4, 0.5) is 11.4 Å². The number of sulfonamides is 1. The SMILES string of the molecule is COCc1cccc(NC(=O)C2CN(S(=O)(=O)c3ccc(C)cc3)c3cc(Cl)ccc3O2)c1. The van der Waals surface area contributed by atoms with Gasteiger partial charge in [-0.3, -0.25) is 9.10 Å². The lowest BCUT2D eigenvalue weighted by Crippen LogP contribution is -2.48. The number of fused-ring (bicyclic) bond motifs is 1. The van der Waals surface area contributed by atoms with E-state index in [0.717, 1.165) is 11.1 Å². The number of hydrogen-bond donors (Lipinski definition) is 1. The van der Waals surface area contributed by atoms with Gasteiger partial charge in [-0.1, -0.05) is 41.4 Å². The van der Waals surface area contributed by atoms with Gasteiger partial charge in [-0.15, -0.1) is 0 Å². The quantitative estimate of drug-likeness (QED) is 0.558. The number of amides is 1. The molecule has 1 amide bonds. The maximum atomic E-state index is 13.5.